The molecule has 2 aromatic carbocycles. The topological polar surface area (TPSA) is 83.6 Å². The van der Waals surface area contributed by atoms with Crippen molar-refractivity contribution in [1.82, 2.24) is 4.90 Å². The number of carbonyl (C=O) groups excluding carboxylic acids is 2. The van der Waals surface area contributed by atoms with E-state index < -0.39 is 9.84 Å². The van der Waals surface area contributed by atoms with Crippen LogP contribution in [0, 0.1) is 11.8 Å². The predicted octanol–water partition coefficient (Wildman–Crippen LogP) is 4.31. The monoisotopic (exact) mass is 468 g/mol. The van der Waals surface area contributed by atoms with Crippen molar-refractivity contribution in [1.29, 1.82) is 0 Å². The van der Waals surface area contributed by atoms with E-state index in [9.17, 15) is 18.0 Å². The molecule has 0 heterocycles. The van der Waals surface area contributed by atoms with Gasteiger partial charge in [-0.15, -0.1) is 0 Å². The van der Waals surface area contributed by atoms with Crippen LogP contribution in [0.1, 0.15) is 54.9 Å². The summed E-state index contributed by atoms with van der Waals surface area (Å²) in [6.45, 7) is 3.66. The Morgan fingerprint density at radius 3 is 2.15 bits per heavy atom. The number of carbonyl (C=O) groups is 2. The third kappa shape index (κ3) is 6.67. The molecule has 0 unspecified atom stereocenters. The Labute approximate surface area is 196 Å². The summed E-state index contributed by atoms with van der Waals surface area (Å²) in [5.74, 6) is 1.01. The lowest BCUT2D eigenvalue weighted by Gasteiger charge is -2.22. The molecule has 2 saturated carbocycles. The van der Waals surface area contributed by atoms with Gasteiger partial charge in [-0.25, -0.2) is 8.42 Å². The second kappa shape index (κ2) is 10.1. The predicted molar refractivity (Wildman–Crippen MR) is 129 cm³/mol. The first-order valence-electron chi connectivity index (χ1n) is 11.8. The summed E-state index contributed by atoms with van der Waals surface area (Å²) in [4.78, 5) is 27.5. The lowest BCUT2D eigenvalue weighted by molar-refractivity contribution is -0.115. The largest absolute Gasteiger partial charge is 0.338 e. The highest BCUT2D eigenvalue weighted by Gasteiger charge is 2.29. The van der Waals surface area contributed by atoms with Crippen LogP contribution >= 0.6 is 0 Å². The van der Waals surface area contributed by atoms with Gasteiger partial charge in [-0.3, -0.25) is 9.59 Å². The van der Waals surface area contributed by atoms with Gasteiger partial charge in [-0.1, -0.05) is 19.1 Å². The molecule has 2 aliphatic rings. The van der Waals surface area contributed by atoms with Crippen molar-refractivity contribution in [3.05, 3.63) is 59.7 Å². The number of anilines is 1. The van der Waals surface area contributed by atoms with Crippen LogP contribution in [0.15, 0.2) is 53.4 Å². The van der Waals surface area contributed by atoms with Crippen LogP contribution in [0.2, 0.25) is 0 Å². The van der Waals surface area contributed by atoms with Crippen LogP contribution in [-0.2, 0) is 21.1 Å². The summed E-state index contributed by atoms with van der Waals surface area (Å²) < 4.78 is 24.7. The average molecular weight is 469 g/mol. The molecule has 33 heavy (non-hydrogen) atoms. The van der Waals surface area contributed by atoms with Gasteiger partial charge in [0.2, 0.25) is 5.91 Å². The van der Waals surface area contributed by atoms with Crippen LogP contribution < -0.4 is 5.32 Å². The third-order valence-corrected chi connectivity index (χ3v) is 8.07. The van der Waals surface area contributed by atoms with E-state index in [4.69, 9.17) is 0 Å². The first-order valence-corrected chi connectivity index (χ1v) is 13.5. The minimum absolute atomic E-state index is 0.0401. The fourth-order valence-electron chi connectivity index (χ4n) is 3.93. The van der Waals surface area contributed by atoms with Crippen molar-refractivity contribution in [2.24, 2.45) is 11.8 Å². The number of benzene rings is 2. The molecule has 1 N–H and O–H groups in total. The van der Waals surface area contributed by atoms with Crippen LogP contribution in [0.4, 0.5) is 5.69 Å². The molecule has 0 saturated heterocycles. The van der Waals surface area contributed by atoms with Crippen LogP contribution in [0.5, 0.6) is 0 Å². The zero-order valence-corrected chi connectivity index (χ0v) is 19.9. The van der Waals surface area contributed by atoms with Gasteiger partial charge < -0.3 is 10.2 Å². The van der Waals surface area contributed by atoms with Gasteiger partial charge in [0.15, 0.2) is 9.84 Å². The van der Waals surface area contributed by atoms with E-state index in [2.05, 4.69) is 12.2 Å². The number of amides is 2. The fourth-order valence-corrected chi connectivity index (χ4v) is 5.63. The Morgan fingerprint density at radius 1 is 0.939 bits per heavy atom. The van der Waals surface area contributed by atoms with Crippen molar-refractivity contribution in [2.45, 2.75) is 50.3 Å². The number of rotatable bonds is 11. The first-order chi connectivity index (χ1) is 15.8. The molecule has 176 valence electrons. The van der Waals surface area contributed by atoms with Gasteiger partial charge in [-0.05, 0) is 85.9 Å². The number of nitrogens with one attached hydrogen (secondary N) is 1. The molecule has 4 rings (SSSR count). The van der Waals surface area contributed by atoms with Crippen molar-refractivity contribution >= 4 is 27.3 Å². The maximum Gasteiger partial charge on any atom is 0.253 e. The van der Waals surface area contributed by atoms with Gasteiger partial charge in [0.1, 0.15) is 0 Å². The molecule has 0 spiro atoms. The Kier molecular flexibility index (Phi) is 7.17. The Bertz CT molecular complexity index is 1090. The van der Waals surface area contributed by atoms with E-state index >= 15 is 0 Å². The number of sulfone groups is 1. The maximum absolute atomic E-state index is 12.8. The number of hydrogen-bond donors (Lipinski definition) is 1. The van der Waals surface area contributed by atoms with Gasteiger partial charge in [0.05, 0.1) is 17.1 Å². The highest BCUT2D eigenvalue weighted by atomic mass is 32.2. The smallest absolute Gasteiger partial charge is 0.253 e. The zero-order valence-electron chi connectivity index (χ0n) is 19.1. The summed E-state index contributed by atoms with van der Waals surface area (Å²) in [5, 5.41) is 2.85. The lowest BCUT2D eigenvalue weighted by atomic mass is 10.1. The van der Waals surface area contributed by atoms with E-state index in [0.717, 1.165) is 37.9 Å². The van der Waals surface area contributed by atoms with E-state index in [1.165, 1.54) is 12.8 Å². The third-order valence-electron chi connectivity index (χ3n) is 6.17. The second-order valence-corrected chi connectivity index (χ2v) is 11.4. The molecular weight excluding hydrogens is 436 g/mol. The molecule has 2 fully saturated rings. The van der Waals surface area contributed by atoms with Gasteiger partial charge >= 0.3 is 0 Å². The SMILES string of the molecule is CCCN(CC1CC1)C(=O)c1ccc(NC(=O)Cc2ccc(S(=O)(=O)CC3CC3)cc2)cc1. The van der Waals surface area contributed by atoms with Crippen LogP contribution in [-0.4, -0.2) is 44.0 Å². The first kappa shape index (κ1) is 23.5. The molecule has 0 radical (unpaired) electrons. The molecule has 0 aliphatic heterocycles. The van der Waals surface area contributed by atoms with Gasteiger partial charge in [0.25, 0.3) is 5.91 Å². The lowest BCUT2D eigenvalue weighted by Crippen LogP contribution is -2.33. The maximum atomic E-state index is 12.8. The van der Waals surface area contributed by atoms with Gasteiger partial charge in [-0.2, -0.15) is 0 Å². The van der Waals surface area contributed by atoms with Crippen molar-refractivity contribution in [3.8, 4) is 0 Å². The molecule has 2 aliphatic carbocycles. The van der Waals surface area contributed by atoms with Crippen molar-refractivity contribution in [3.63, 3.8) is 0 Å². The second-order valence-electron chi connectivity index (χ2n) is 9.37. The van der Waals surface area contributed by atoms with Gasteiger partial charge in [0, 0.05) is 24.3 Å². The molecule has 0 aromatic heterocycles. The van der Waals surface area contributed by atoms with E-state index in [1.54, 1.807) is 48.5 Å². The zero-order chi connectivity index (χ0) is 23.4. The fraction of sp³-hybridized carbons (Fsp3) is 0.462. The van der Waals surface area contributed by atoms with E-state index in [-0.39, 0.29) is 24.0 Å². The molecule has 0 atom stereocenters. The number of hydrogen-bond acceptors (Lipinski definition) is 4. The summed E-state index contributed by atoms with van der Waals surface area (Å²) in [6.07, 6.45) is 5.47. The molecule has 2 amide bonds. The van der Waals surface area contributed by atoms with Crippen LogP contribution in [0.25, 0.3) is 0 Å². The summed E-state index contributed by atoms with van der Waals surface area (Å²) in [7, 11) is -3.25. The van der Waals surface area contributed by atoms with Crippen LogP contribution in [0.3, 0.4) is 0 Å². The highest BCUT2D eigenvalue weighted by Crippen LogP contribution is 2.32. The van der Waals surface area contributed by atoms with Crippen molar-refractivity contribution in [2.75, 3.05) is 24.2 Å². The quantitative estimate of drug-likeness (QED) is 0.533. The number of nitrogens with zero attached hydrogens (tertiary/aromatic N) is 1. The summed E-state index contributed by atoms with van der Waals surface area (Å²) >= 11 is 0. The normalized spacial score (nSPS) is 15.8. The Hall–Kier alpha value is -2.67. The average Bonchev–Trinajstić information content (AvgIpc) is 3.71. The molecule has 6 nitrogen and oxygen atoms in total. The van der Waals surface area contributed by atoms with E-state index in [1.807, 2.05) is 4.90 Å². The summed E-state index contributed by atoms with van der Waals surface area (Å²) in [6, 6.07) is 13.6. The Balaban J connectivity index is 1.31. The Morgan fingerprint density at radius 2 is 1.58 bits per heavy atom. The molecular formula is C26H32N2O4S. The molecule has 2 aromatic rings. The molecule has 0 bridgehead atoms. The van der Waals surface area contributed by atoms with Crippen molar-refractivity contribution < 1.29 is 18.0 Å². The summed E-state index contributed by atoms with van der Waals surface area (Å²) in [5.41, 5.74) is 2.01. The minimum atomic E-state index is -3.25. The van der Waals surface area contributed by atoms with E-state index in [0.29, 0.717) is 28.0 Å². The minimum Gasteiger partial charge on any atom is -0.338 e. The highest BCUT2D eigenvalue weighted by molar-refractivity contribution is 7.91. The molecule has 7 heteroatoms. The standard InChI is InChI=1S/C26H32N2O4S/c1-2-15-28(17-20-3-4-20)26(30)22-9-11-23(12-10-22)27-25(29)16-19-7-13-24(14-8-19)33(31,32)18-21-5-6-21/h7-14,20-21H,2-6,15-18H2,1H3,(H,27,29).